The number of nitrogens with zero attached hydrogens (tertiary/aromatic N) is 1. The lowest BCUT2D eigenvalue weighted by Gasteiger charge is -2.07. The summed E-state index contributed by atoms with van der Waals surface area (Å²) >= 11 is 0. The second kappa shape index (κ2) is 6.56. The van der Waals surface area contributed by atoms with Gasteiger partial charge in [-0.3, -0.25) is 0 Å². The van der Waals surface area contributed by atoms with E-state index in [9.17, 15) is 0 Å². The monoisotopic (exact) mass is 291 g/mol. The van der Waals surface area contributed by atoms with Crippen molar-refractivity contribution in [1.82, 2.24) is 0 Å². The van der Waals surface area contributed by atoms with Gasteiger partial charge in [-0.25, -0.2) is 4.99 Å². The summed E-state index contributed by atoms with van der Waals surface area (Å²) in [5, 5.41) is 0. The molecule has 0 spiro atoms. The predicted octanol–water partition coefficient (Wildman–Crippen LogP) is 5.00. The lowest BCUT2D eigenvalue weighted by molar-refractivity contribution is 1.42. The van der Waals surface area contributed by atoms with Crippen LogP contribution in [0.1, 0.15) is 11.1 Å². The van der Waals surface area contributed by atoms with Crippen molar-refractivity contribution < 1.29 is 0 Å². The van der Waals surface area contributed by atoms with Crippen LogP contribution in [0.5, 0.6) is 0 Å². The fraction of sp³-hybridized carbons (Fsp3) is 0.211. The van der Waals surface area contributed by atoms with Gasteiger partial charge in [0.2, 0.25) is 0 Å². The molecule has 2 rings (SSSR count). The van der Waals surface area contributed by atoms with Crippen molar-refractivity contribution in [2.24, 2.45) is 4.99 Å². The Balaban J connectivity index is 2.52. The van der Waals surface area contributed by atoms with E-state index in [2.05, 4.69) is 50.2 Å². The quantitative estimate of drug-likeness (QED) is 0.419. The van der Waals surface area contributed by atoms with Crippen molar-refractivity contribution in [1.29, 1.82) is 0 Å². The second-order valence-electron chi connectivity index (χ2n) is 6.11. The molecule has 1 nitrogen and oxygen atoms in total. The van der Waals surface area contributed by atoms with Gasteiger partial charge in [0.1, 0.15) is 13.8 Å². The van der Waals surface area contributed by atoms with Gasteiger partial charge in [0.05, 0.1) is 5.69 Å². The standard InChI is InChI=1S/C19H21NSi/c1-16-10-8-9-13-18(16)19(14-15-21(2,3)4)20-17-11-6-5-7-12-17/h5-13H,1-4H3. The van der Waals surface area contributed by atoms with Crippen molar-refractivity contribution >= 4 is 19.5 Å². The van der Waals surface area contributed by atoms with Crippen molar-refractivity contribution in [2.45, 2.75) is 26.6 Å². The summed E-state index contributed by atoms with van der Waals surface area (Å²) in [6, 6.07) is 18.3. The molecule has 0 aromatic heterocycles. The Kier molecular flexibility index (Phi) is 4.77. The zero-order valence-electron chi connectivity index (χ0n) is 13.1. The highest BCUT2D eigenvalue weighted by atomic mass is 28.3. The molecule has 0 aliphatic rings. The van der Waals surface area contributed by atoms with E-state index in [0.717, 1.165) is 17.0 Å². The van der Waals surface area contributed by atoms with E-state index in [1.807, 2.05) is 42.5 Å². The first-order valence-electron chi connectivity index (χ1n) is 7.19. The molecule has 2 heteroatoms. The van der Waals surface area contributed by atoms with Crippen LogP contribution in [-0.2, 0) is 0 Å². The van der Waals surface area contributed by atoms with Gasteiger partial charge in [-0.15, -0.1) is 5.54 Å². The normalized spacial score (nSPS) is 11.7. The number of aliphatic imine (C=N–C) groups is 1. The van der Waals surface area contributed by atoms with E-state index < -0.39 is 8.07 Å². The van der Waals surface area contributed by atoms with E-state index in [1.165, 1.54) is 5.56 Å². The maximum absolute atomic E-state index is 4.76. The van der Waals surface area contributed by atoms with Crippen molar-refractivity contribution in [3.05, 3.63) is 65.7 Å². The summed E-state index contributed by atoms with van der Waals surface area (Å²) in [6.07, 6.45) is 0. The molecule has 0 radical (unpaired) electrons. The lowest BCUT2D eigenvalue weighted by Crippen LogP contribution is -2.17. The Bertz CT molecular complexity index is 698. The molecule has 0 heterocycles. The molecule has 0 bridgehead atoms. The average molecular weight is 291 g/mol. The van der Waals surface area contributed by atoms with E-state index in [1.54, 1.807) is 0 Å². The molecule has 0 saturated carbocycles. The first-order chi connectivity index (χ1) is 9.96. The predicted molar refractivity (Wildman–Crippen MR) is 94.9 cm³/mol. The van der Waals surface area contributed by atoms with Crippen LogP contribution in [-0.4, -0.2) is 13.8 Å². The first-order valence-corrected chi connectivity index (χ1v) is 10.7. The number of rotatable bonds is 2. The highest BCUT2D eigenvalue weighted by Crippen LogP contribution is 2.15. The third-order valence-corrected chi connectivity index (χ3v) is 3.83. The fourth-order valence-electron chi connectivity index (χ4n) is 1.87. The van der Waals surface area contributed by atoms with Crippen molar-refractivity contribution in [3.63, 3.8) is 0 Å². The van der Waals surface area contributed by atoms with Gasteiger partial charge in [-0.2, -0.15) is 0 Å². The Morgan fingerprint density at radius 2 is 1.52 bits per heavy atom. The van der Waals surface area contributed by atoms with Crippen LogP contribution in [0.3, 0.4) is 0 Å². The molecule has 0 aliphatic carbocycles. The summed E-state index contributed by atoms with van der Waals surface area (Å²) in [5.74, 6) is 3.33. The third kappa shape index (κ3) is 4.73. The van der Waals surface area contributed by atoms with E-state index in [-0.39, 0.29) is 0 Å². The Hall–Kier alpha value is -2.11. The van der Waals surface area contributed by atoms with Crippen LogP contribution in [0.4, 0.5) is 5.69 Å². The molecule has 21 heavy (non-hydrogen) atoms. The number of hydrogen-bond donors (Lipinski definition) is 0. The van der Waals surface area contributed by atoms with Crippen LogP contribution in [0.25, 0.3) is 0 Å². The molecule has 0 fully saturated rings. The summed E-state index contributed by atoms with van der Waals surface area (Å²) in [5.41, 5.74) is 7.56. The van der Waals surface area contributed by atoms with Gasteiger partial charge >= 0.3 is 0 Å². The SMILES string of the molecule is Cc1ccccc1C(C#C[Si](C)(C)C)=Nc1ccccc1. The highest BCUT2D eigenvalue weighted by Gasteiger charge is 2.10. The van der Waals surface area contributed by atoms with Gasteiger partial charge in [-0.05, 0) is 24.6 Å². The molecule has 0 unspecified atom stereocenters. The molecule has 0 aliphatic heterocycles. The molecule has 0 N–H and O–H groups in total. The number of hydrogen-bond acceptors (Lipinski definition) is 1. The Morgan fingerprint density at radius 3 is 2.14 bits per heavy atom. The lowest BCUT2D eigenvalue weighted by atomic mass is 10.0. The minimum atomic E-state index is -1.43. The van der Waals surface area contributed by atoms with Gasteiger partial charge in [0, 0.05) is 5.56 Å². The van der Waals surface area contributed by atoms with Gasteiger partial charge in [0.15, 0.2) is 0 Å². The highest BCUT2D eigenvalue weighted by molar-refractivity contribution is 6.84. The van der Waals surface area contributed by atoms with Gasteiger partial charge < -0.3 is 0 Å². The summed E-state index contributed by atoms with van der Waals surface area (Å²) < 4.78 is 0. The molecular weight excluding hydrogens is 270 g/mol. The van der Waals surface area contributed by atoms with E-state index in [4.69, 9.17) is 4.99 Å². The largest absolute Gasteiger partial charge is 0.239 e. The molecule has 2 aromatic rings. The molecule has 2 aromatic carbocycles. The average Bonchev–Trinajstić information content (AvgIpc) is 2.44. The molecule has 0 saturated heterocycles. The maximum Gasteiger partial charge on any atom is 0.129 e. The Morgan fingerprint density at radius 1 is 0.905 bits per heavy atom. The van der Waals surface area contributed by atoms with Crippen molar-refractivity contribution in [2.75, 3.05) is 0 Å². The van der Waals surface area contributed by atoms with Crippen molar-refractivity contribution in [3.8, 4) is 11.5 Å². The molecule has 0 amide bonds. The van der Waals surface area contributed by atoms with Crippen LogP contribution < -0.4 is 0 Å². The van der Waals surface area contributed by atoms with E-state index >= 15 is 0 Å². The van der Waals surface area contributed by atoms with E-state index in [0.29, 0.717) is 0 Å². The smallest absolute Gasteiger partial charge is 0.129 e. The number of aryl methyl sites for hydroxylation is 1. The van der Waals surface area contributed by atoms with Gasteiger partial charge in [-0.1, -0.05) is 68.0 Å². The topological polar surface area (TPSA) is 12.4 Å². The minimum absolute atomic E-state index is 0.863. The minimum Gasteiger partial charge on any atom is -0.239 e. The van der Waals surface area contributed by atoms with Crippen LogP contribution in [0.15, 0.2) is 59.6 Å². The third-order valence-electron chi connectivity index (χ3n) is 2.95. The summed E-state index contributed by atoms with van der Waals surface area (Å²) in [7, 11) is -1.43. The van der Waals surface area contributed by atoms with Gasteiger partial charge in [0.25, 0.3) is 0 Å². The zero-order valence-corrected chi connectivity index (χ0v) is 14.1. The fourth-order valence-corrected chi connectivity index (χ4v) is 2.37. The molecule has 106 valence electrons. The molecule has 0 atom stereocenters. The first kappa shape index (κ1) is 15.3. The maximum atomic E-state index is 4.76. The Labute approximate surface area is 128 Å². The zero-order chi connectivity index (χ0) is 15.3. The summed E-state index contributed by atoms with van der Waals surface area (Å²) in [6.45, 7) is 8.85. The molecular formula is C19H21NSi. The van der Waals surface area contributed by atoms with Crippen LogP contribution in [0.2, 0.25) is 19.6 Å². The number of benzene rings is 2. The van der Waals surface area contributed by atoms with Crippen LogP contribution >= 0.6 is 0 Å². The van der Waals surface area contributed by atoms with Crippen LogP contribution in [0, 0.1) is 18.4 Å². The summed E-state index contributed by atoms with van der Waals surface area (Å²) in [4.78, 5) is 4.76. The second-order valence-corrected chi connectivity index (χ2v) is 10.9. The number of para-hydroxylation sites is 1.